The minimum absolute atomic E-state index is 0.0263. The summed E-state index contributed by atoms with van der Waals surface area (Å²) in [5.74, 6) is 0.900. The van der Waals surface area contributed by atoms with Crippen LogP contribution in [-0.4, -0.2) is 48.2 Å². The zero-order valence-corrected chi connectivity index (χ0v) is 11.5. The van der Waals surface area contributed by atoms with Crippen molar-refractivity contribution >= 4 is 11.9 Å². The van der Waals surface area contributed by atoms with E-state index in [4.69, 9.17) is 4.74 Å². The molecule has 0 radical (unpaired) electrons. The van der Waals surface area contributed by atoms with Crippen LogP contribution in [0.25, 0.3) is 0 Å². The molecule has 2 unspecified atom stereocenters. The molecule has 3 rings (SSSR count). The van der Waals surface area contributed by atoms with Gasteiger partial charge in [-0.05, 0) is 25.3 Å². The maximum Gasteiger partial charge on any atom is 0.225 e. The molecule has 0 spiro atoms. The highest BCUT2D eigenvalue weighted by molar-refractivity contribution is 5.79. The fraction of sp³-hybridized carbons (Fsp3) is 0.643. The quantitative estimate of drug-likeness (QED) is 0.875. The molecule has 1 N–H and O–H groups in total. The number of carbonyl (C=O) groups is 1. The van der Waals surface area contributed by atoms with Gasteiger partial charge in [0.15, 0.2) is 0 Å². The van der Waals surface area contributed by atoms with Crippen LogP contribution in [0.2, 0.25) is 0 Å². The van der Waals surface area contributed by atoms with E-state index in [2.05, 4.69) is 20.2 Å². The monoisotopic (exact) mass is 276 g/mol. The second kappa shape index (κ2) is 6.17. The van der Waals surface area contributed by atoms with Crippen molar-refractivity contribution in [3.63, 3.8) is 0 Å². The summed E-state index contributed by atoms with van der Waals surface area (Å²) in [6, 6.07) is 1.99. The van der Waals surface area contributed by atoms with E-state index in [-0.39, 0.29) is 17.9 Å². The third kappa shape index (κ3) is 3.07. The zero-order chi connectivity index (χ0) is 13.8. The third-order valence-corrected chi connectivity index (χ3v) is 3.90. The van der Waals surface area contributed by atoms with Crippen molar-refractivity contribution in [1.29, 1.82) is 0 Å². The number of carbonyl (C=O) groups excluding carboxylic acids is 1. The molecule has 2 aliphatic rings. The number of nitrogens with zero attached hydrogens (tertiary/aromatic N) is 3. The van der Waals surface area contributed by atoms with Gasteiger partial charge in [0.2, 0.25) is 11.9 Å². The van der Waals surface area contributed by atoms with Gasteiger partial charge in [0, 0.05) is 38.1 Å². The van der Waals surface area contributed by atoms with E-state index in [1.54, 1.807) is 12.4 Å². The Morgan fingerprint density at radius 1 is 1.35 bits per heavy atom. The summed E-state index contributed by atoms with van der Waals surface area (Å²) in [5, 5.41) is 3.14. The van der Waals surface area contributed by atoms with Crippen LogP contribution in [0, 0.1) is 5.92 Å². The molecule has 1 aromatic rings. The van der Waals surface area contributed by atoms with Gasteiger partial charge in [-0.25, -0.2) is 9.97 Å². The maximum atomic E-state index is 12.1. The topological polar surface area (TPSA) is 67.4 Å². The fourth-order valence-electron chi connectivity index (χ4n) is 2.79. The van der Waals surface area contributed by atoms with Crippen LogP contribution in [-0.2, 0) is 9.53 Å². The van der Waals surface area contributed by atoms with Gasteiger partial charge in [-0.3, -0.25) is 4.79 Å². The first-order chi connectivity index (χ1) is 9.83. The highest BCUT2D eigenvalue weighted by Crippen LogP contribution is 2.17. The summed E-state index contributed by atoms with van der Waals surface area (Å²) in [4.78, 5) is 22.8. The standard InChI is InChI=1S/C14H20N4O2/c19-13(11-4-8-20-10-11)17-12-3-1-7-18(9-12)14-15-5-2-6-16-14/h2,5-6,11-12H,1,3-4,7-10H2,(H,17,19). The molecular formula is C14H20N4O2. The molecule has 1 amide bonds. The van der Waals surface area contributed by atoms with Gasteiger partial charge in [-0.1, -0.05) is 0 Å². The largest absolute Gasteiger partial charge is 0.381 e. The first-order valence-electron chi connectivity index (χ1n) is 7.23. The first-order valence-corrected chi connectivity index (χ1v) is 7.23. The Labute approximate surface area is 118 Å². The summed E-state index contributed by atoms with van der Waals surface area (Å²) in [6.07, 6.45) is 6.40. The number of piperidine rings is 1. The molecule has 2 atom stereocenters. The van der Waals surface area contributed by atoms with Crippen LogP contribution < -0.4 is 10.2 Å². The molecular weight excluding hydrogens is 256 g/mol. The second-order valence-corrected chi connectivity index (χ2v) is 5.40. The average molecular weight is 276 g/mol. The molecule has 0 aromatic carbocycles. The number of hydrogen-bond donors (Lipinski definition) is 1. The number of rotatable bonds is 3. The highest BCUT2D eigenvalue weighted by atomic mass is 16.5. The van der Waals surface area contributed by atoms with Gasteiger partial charge < -0.3 is 15.0 Å². The van der Waals surface area contributed by atoms with Crippen LogP contribution in [0.4, 0.5) is 5.95 Å². The van der Waals surface area contributed by atoms with Crippen LogP contribution >= 0.6 is 0 Å². The van der Waals surface area contributed by atoms with Gasteiger partial charge in [0.05, 0.1) is 12.5 Å². The summed E-state index contributed by atoms with van der Waals surface area (Å²) < 4.78 is 5.27. The van der Waals surface area contributed by atoms with Gasteiger partial charge in [0.25, 0.3) is 0 Å². The minimum Gasteiger partial charge on any atom is -0.381 e. The van der Waals surface area contributed by atoms with E-state index in [1.165, 1.54) is 0 Å². The molecule has 6 nitrogen and oxygen atoms in total. The van der Waals surface area contributed by atoms with E-state index >= 15 is 0 Å². The predicted octanol–water partition coefficient (Wildman–Crippen LogP) is 0.598. The van der Waals surface area contributed by atoms with Crippen molar-refractivity contribution in [3.8, 4) is 0 Å². The van der Waals surface area contributed by atoms with Gasteiger partial charge >= 0.3 is 0 Å². The van der Waals surface area contributed by atoms with Gasteiger partial charge in [0.1, 0.15) is 0 Å². The van der Waals surface area contributed by atoms with E-state index < -0.39 is 0 Å². The molecule has 0 aliphatic carbocycles. The molecule has 2 fully saturated rings. The van der Waals surface area contributed by atoms with E-state index in [0.717, 1.165) is 38.3 Å². The van der Waals surface area contributed by atoms with E-state index in [9.17, 15) is 4.79 Å². The Morgan fingerprint density at radius 3 is 2.95 bits per heavy atom. The normalized spacial score (nSPS) is 26.5. The maximum absolute atomic E-state index is 12.1. The van der Waals surface area contributed by atoms with Crippen LogP contribution in [0.15, 0.2) is 18.5 Å². The molecule has 0 saturated carbocycles. The minimum atomic E-state index is 0.0263. The number of hydrogen-bond acceptors (Lipinski definition) is 5. The van der Waals surface area contributed by atoms with Crippen molar-refractivity contribution in [2.45, 2.75) is 25.3 Å². The lowest BCUT2D eigenvalue weighted by atomic mass is 10.0. The summed E-state index contributed by atoms with van der Waals surface area (Å²) in [6.45, 7) is 2.99. The van der Waals surface area contributed by atoms with E-state index in [1.807, 2.05) is 6.07 Å². The van der Waals surface area contributed by atoms with Crippen molar-refractivity contribution in [2.75, 3.05) is 31.2 Å². The highest BCUT2D eigenvalue weighted by Gasteiger charge is 2.28. The first kappa shape index (κ1) is 13.3. The van der Waals surface area contributed by atoms with Gasteiger partial charge in [-0.2, -0.15) is 0 Å². The average Bonchev–Trinajstić information content (AvgIpc) is 3.03. The SMILES string of the molecule is O=C(NC1CCCN(c2ncccn2)C1)C1CCOC1. The molecule has 0 bridgehead atoms. The van der Waals surface area contributed by atoms with Crippen molar-refractivity contribution in [1.82, 2.24) is 15.3 Å². The molecule has 3 heterocycles. The summed E-state index contributed by atoms with van der Waals surface area (Å²) in [7, 11) is 0. The molecule has 20 heavy (non-hydrogen) atoms. The number of anilines is 1. The molecule has 108 valence electrons. The third-order valence-electron chi connectivity index (χ3n) is 3.90. The van der Waals surface area contributed by atoms with Crippen molar-refractivity contribution in [3.05, 3.63) is 18.5 Å². The smallest absolute Gasteiger partial charge is 0.225 e. The number of amides is 1. The Bertz CT molecular complexity index is 448. The molecule has 1 aromatic heterocycles. The Morgan fingerprint density at radius 2 is 2.20 bits per heavy atom. The Hall–Kier alpha value is -1.69. The summed E-state index contributed by atoms with van der Waals surface area (Å²) >= 11 is 0. The second-order valence-electron chi connectivity index (χ2n) is 5.40. The lowest BCUT2D eigenvalue weighted by Gasteiger charge is -2.33. The summed E-state index contributed by atoms with van der Waals surface area (Å²) in [5.41, 5.74) is 0. The number of aromatic nitrogens is 2. The van der Waals surface area contributed by atoms with Crippen LogP contribution in [0.1, 0.15) is 19.3 Å². The predicted molar refractivity (Wildman–Crippen MR) is 74.3 cm³/mol. The Balaban J connectivity index is 1.56. The fourth-order valence-corrected chi connectivity index (χ4v) is 2.79. The molecule has 2 saturated heterocycles. The van der Waals surface area contributed by atoms with Crippen LogP contribution in [0.5, 0.6) is 0 Å². The van der Waals surface area contributed by atoms with Crippen molar-refractivity contribution in [2.24, 2.45) is 5.92 Å². The zero-order valence-electron chi connectivity index (χ0n) is 11.5. The number of ether oxygens (including phenoxy) is 1. The lowest BCUT2D eigenvalue weighted by Crippen LogP contribution is -2.49. The lowest BCUT2D eigenvalue weighted by molar-refractivity contribution is -0.125. The van der Waals surface area contributed by atoms with Crippen LogP contribution in [0.3, 0.4) is 0 Å². The molecule has 2 aliphatic heterocycles. The number of nitrogens with one attached hydrogen (secondary N) is 1. The van der Waals surface area contributed by atoms with Crippen molar-refractivity contribution < 1.29 is 9.53 Å². The van der Waals surface area contributed by atoms with E-state index in [0.29, 0.717) is 13.2 Å². The molecule has 6 heteroatoms. The Kier molecular flexibility index (Phi) is 4.11. The van der Waals surface area contributed by atoms with Gasteiger partial charge in [-0.15, -0.1) is 0 Å².